The van der Waals surface area contributed by atoms with E-state index < -0.39 is 0 Å². The Labute approximate surface area is 90.1 Å². The molecule has 3 heteroatoms. The van der Waals surface area contributed by atoms with Gasteiger partial charge in [-0.1, -0.05) is 35.5 Å². The van der Waals surface area contributed by atoms with Crippen LogP contribution in [0.3, 0.4) is 0 Å². The van der Waals surface area contributed by atoms with Gasteiger partial charge < -0.3 is 4.84 Å². The maximum atomic E-state index is 5.31. The largest absolute Gasteiger partial charge is 0.391 e. The highest BCUT2D eigenvalue weighted by molar-refractivity contribution is 5.84. The summed E-state index contributed by atoms with van der Waals surface area (Å²) in [5.74, 6) is 0. The molecular weight excluding hydrogens is 188 g/mol. The second kappa shape index (κ2) is 5.51. The zero-order valence-corrected chi connectivity index (χ0v) is 8.72. The molecule has 79 valence electrons. The van der Waals surface area contributed by atoms with E-state index in [1.165, 1.54) is 0 Å². The molecule has 0 amide bonds. The number of piperidine rings is 1. The van der Waals surface area contributed by atoms with Gasteiger partial charge in [0.05, 0.1) is 5.71 Å². The summed E-state index contributed by atoms with van der Waals surface area (Å²) in [5, 5.41) is 8.39. The van der Waals surface area contributed by atoms with Crippen LogP contribution in [0.25, 0.3) is 0 Å². The molecule has 1 aromatic rings. The number of hydrogen-bond donors (Lipinski definition) is 0. The first-order chi connectivity index (χ1) is 7.45. The Morgan fingerprint density at radius 1 is 1.13 bits per heavy atom. The van der Waals surface area contributed by atoms with Crippen LogP contribution in [-0.4, -0.2) is 18.8 Å². The SMILES string of the molecule is c1ccc(CON=C2CC[N]CC2)cc1. The predicted molar refractivity (Wildman–Crippen MR) is 59.8 cm³/mol. The smallest absolute Gasteiger partial charge is 0.142 e. The van der Waals surface area contributed by atoms with Gasteiger partial charge in [0.1, 0.15) is 6.61 Å². The molecule has 0 unspecified atom stereocenters. The van der Waals surface area contributed by atoms with Crippen LogP contribution in [0.15, 0.2) is 35.5 Å². The van der Waals surface area contributed by atoms with E-state index in [1.807, 2.05) is 30.3 Å². The van der Waals surface area contributed by atoms with Crippen molar-refractivity contribution in [3.63, 3.8) is 0 Å². The molecule has 0 N–H and O–H groups in total. The summed E-state index contributed by atoms with van der Waals surface area (Å²) >= 11 is 0. The van der Waals surface area contributed by atoms with Crippen LogP contribution in [0.2, 0.25) is 0 Å². The Kier molecular flexibility index (Phi) is 3.74. The molecule has 1 saturated heterocycles. The van der Waals surface area contributed by atoms with Crippen LogP contribution in [0, 0.1) is 0 Å². The Bertz CT molecular complexity index is 314. The summed E-state index contributed by atoms with van der Waals surface area (Å²) < 4.78 is 0. The fourth-order valence-electron chi connectivity index (χ4n) is 1.52. The van der Waals surface area contributed by atoms with Crippen molar-refractivity contribution >= 4 is 5.71 Å². The molecule has 0 aliphatic carbocycles. The lowest BCUT2D eigenvalue weighted by molar-refractivity contribution is 0.129. The summed E-state index contributed by atoms with van der Waals surface area (Å²) in [7, 11) is 0. The van der Waals surface area contributed by atoms with Crippen molar-refractivity contribution in [2.75, 3.05) is 13.1 Å². The Morgan fingerprint density at radius 3 is 2.60 bits per heavy atom. The van der Waals surface area contributed by atoms with E-state index in [0.717, 1.165) is 37.2 Å². The third-order valence-corrected chi connectivity index (χ3v) is 2.38. The minimum atomic E-state index is 0.557. The molecule has 1 radical (unpaired) electrons. The van der Waals surface area contributed by atoms with Crippen molar-refractivity contribution in [3.05, 3.63) is 35.9 Å². The summed E-state index contributed by atoms with van der Waals surface area (Å²) in [5.41, 5.74) is 2.29. The molecule has 3 nitrogen and oxygen atoms in total. The number of nitrogens with zero attached hydrogens (tertiary/aromatic N) is 2. The highest BCUT2D eigenvalue weighted by Crippen LogP contribution is 2.03. The van der Waals surface area contributed by atoms with E-state index in [4.69, 9.17) is 4.84 Å². The average molecular weight is 203 g/mol. The van der Waals surface area contributed by atoms with E-state index in [2.05, 4.69) is 10.5 Å². The van der Waals surface area contributed by atoms with Crippen molar-refractivity contribution in [2.24, 2.45) is 5.16 Å². The minimum absolute atomic E-state index is 0.557. The first-order valence-electron chi connectivity index (χ1n) is 5.30. The van der Waals surface area contributed by atoms with Crippen LogP contribution in [0.1, 0.15) is 18.4 Å². The summed E-state index contributed by atoms with van der Waals surface area (Å²) in [6, 6.07) is 10.1. The van der Waals surface area contributed by atoms with Gasteiger partial charge in [0, 0.05) is 25.9 Å². The number of oxime groups is 1. The molecule has 0 aromatic heterocycles. The number of rotatable bonds is 3. The highest BCUT2D eigenvalue weighted by atomic mass is 16.6. The van der Waals surface area contributed by atoms with Gasteiger partial charge in [0.2, 0.25) is 0 Å². The maximum absolute atomic E-state index is 5.31. The molecule has 0 atom stereocenters. The van der Waals surface area contributed by atoms with E-state index in [-0.39, 0.29) is 0 Å². The molecule has 2 rings (SSSR count). The average Bonchev–Trinajstić information content (AvgIpc) is 2.32. The van der Waals surface area contributed by atoms with Gasteiger partial charge in [0.15, 0.2) is 0 Å². The molecule has 0 saturated carbocycles. The molecule has 15 heavy (non-hydrogen) atoms. The lowest BCUT2D eigenvalue weighted by atomic mass is 10.1. The van der Waals surface area contributed by atoms with Gasteiger partial charge in [-0.05, 0) is 5.56 Å². The van der Waals surface area contributed by atoms with Gasteiger partial charge >= 0.3 is 0 Å². The molecular formula is C12H15N2O. The number of hydrogen-bond acceptors (Lipinski definition) is 2. The van der Waals surface area contributed by atoms with Crippen molar-refractivity contribution in [2.45, 2.75) is 19.4 Å². The van der Waals surface area contributed by atoms with E-state index in [1.54, 1.807) is 0 Å². The van der Waals surface area contributed by atoms with E-state index in [9.17, 15) is 0 Å². The van der Waals surface area contributed by atoms with Gasteiger partial charge in [-0.25, -0.2) is 5.32 Å². The maximum Gasteiger partial charge on any atom is 0.142 e. The molecule has 1 aliphatic heterocycles. The van der Waals surface area contributed by atoms with Crippen molar-refractivity contribution in [1.29, 1.82) is 0 Å². The Hall–Kier alpha value is -1.35. The lowest BCUT2D eigenvalue weighted by Gasteiger charge is -2.11. The van der Waals surface area contributed by atoms with Crippen LogP contribution >= 0.6 is 0 Å². The van der Waals surface area contributed by atoms with Crippen LogP contribution in [0.4, 0.5) is 0 Å². The zero-order valence-electron chi connectivity index (χ0n) is 8.72. The van der Waals surface area contributed by atoms with Gasteiger partial charge in [-0.2, -0.15) is 0 Å². The minimum Gasteiger partial charge on any atom is -0.391 e. The Balaban J connectivity index is 1.78. The van der Waals surface area contributed by atoms with Gasteiger partial charge in [-0.15, -0.1) is 0 Å². The summed E-state index contributed by atoms with van der Waals surface area (Å²) in [4.78, 5) is 5.31. The van der Waals surface area contributed by atoms with Gasteiger partial charge in [-0.3, -0.25) is 0 Å². The highest BCUT2D eigenvalue weighted by Gasteiger charge is 2.06. The zero-order chi connectivity index (χ0) is 10.3. The quantitative estimate of drug-likeness (QED) is 0.692. The van der Waals surface area contributed by atoms with Crippen LogP contribution < -0.4 is 5.32 Å². The van der Waals surface area contributed by atoms with Crippen LogP contribution in [-0.2, 0) is 11.4 Å². The van der Waals surface area contributed by atoms with Gasteiger partial charge in [0.25, 0.3) is 0 Å². The first kappa shape index (κ1) is 10.2. The third kappa shape index (κ3) is 3.36. The lowest BCUT2D eigenvalue weighted by Crippen LogP contribution is -2.22. The normalized spacial score (nSPS) is 16.1. The topological polar surface area (TPSA) is 35.7 Å². The van der Waals surface area contributed by atoms with Crippen molar-refractivity contribution in [1.82, 2.24) is 5.32 Å². The second-order valence-corrected chi connectivity index (χ2v) is 3.59. The first-order valence-corrected chi connectivity index (χ1v) is 5.30. The molecule has 1 heterocycles. The molecule has 0 spiro atoms. The monoisotopic (exact) mass is 203 g/mol. The van der Waals surface area contributed by atoms with E-state index in [0.29, 0.717) is 6.61 Å². The van der Waals surface area contributed by atoms with E-state index >= 15 is 0 Å². The molecule has 1 aliphatic rings. The molecule has 0 bridgehead atoms. The van der Waals surface area contributed by atoms with Crippen LogP contribution in [0.5, 0.6) is 0 Å². The third-order valence-electron chi connectivity index (χ3n) is 2.38. The predicted octanol–water partition coefficient (Wildman–Crippen LogP) is 1.96. The number of benzene rings is 1. The molecule has 1 aromatic carbocycles. The fraction of sp³-hybridized carbons (Fsp3) is 0.417. The van der Waals surface area contributed by atoms with Crippen molar-refractivity contribution in [3.8, 4) is 0 Å². The Morgan fingerprint density at radius 2 is 1.87 bits per heavy atom. The fourth-order valence-corrected chi connectivity index (χ4v) is 1.52. The van der Waals surface area contributed by atoms with Crippen molar-refractivity contribution < 1.29 is 4.84 Å². The standard InChI is InChI=1S/C12H15N2O/c1-2-4-11(5-3-1)10-15-14-12-6-8-13-9-7-12/h1-5H,6-10H2. The molecule has 1 fully saturated rings. The summed E-state index contributed by atoms with van der Waals surface area (Å²) in [6.07, 6.45) is 1.91. The summed E-state index contributed by atoms with van der Waals surface area (Å²) in [6.45, 7) is 2.35. The second-order valence-electron chi connectivity index (χ2n) is 3.59.